The molecule has 1 heterocycles. The molecule has 11 nitrogen and oxygen atoms in total. The van der Waals surface area contributed by atoms with E-state index in [2.05, 4.69) is 15.6 Å². The van der Waals surface area contributed by atoms with Gasteiger partial charge in [0.2, 0.25) is 0 Å². The lowest BCUT2D eigenvalue weighted by Crippen LogP contribution is -2.22. The SMILES string of the molecule is Cc1[nH]n(-c2ccccc2)c(=O)c1/C(=N\Nc1ccc([N+](=O)[O-])cc1[N+](=O)[O-])c1ccccc1. The van der Waals surface area contributed by atoms with E-state index in [1.165, 1.54) is 10.7 Å². The van der Waals surface area contributed by atoms with Crippen LogP contribution in [0.15, 0.2) is 88.8 Å². The smallest absolute Gasteiger partial charge is 0.295 e. The van der Waals surface area contributed by atoms with E-state index in [1.54, 1.807) is 55.5 Å². The summed E-state index contributed by atoms with van der Waals surface area (Å²) in [6.45, 7) is 1.73. The Morgan fingerprint density at radius 2 is 1.59 bits per heavy atom. The van der Waals surface area contributed by atoms with Crippen molar-refractivity contribution in [1.29, 1.82) is 0 Å². The Balaban J connectivity index is 1.84. The van der Waals surface area contributed by atoms with Crippen molar-refractivity contribution < 1.29 is 9.85 Å². The molecule has 0 unspecified atom stereocenters. The van der Waals surface area contributed by atoms with Crippen molar-refractivity contribution in [2.75, 3.05) is 5.43 Å². The van der Waals surface area contributed by atoms with Crippen LogP contribution in [-0.2, 0) is 0 Å². The molecule has 0 spiro atoms. The first-order valence-corrected chi connectivity index (χ1v) is 10.1. The maximum Gasteiger partial charge on any atom is 0.301 e. The Hall–Kier alpha value is -5.06. The molecule has 4 aromatic rings. The van der Waals surface area contributed by atoms with Gasteiger partial charge in [-0.1, -0.05) is 48.5 Å². The van der Waals surface area contributed by atoms with Crippen molar-refractivity contribution in [3.05, 3.63) is 126 Å². The van der Waals surface area contributed by atoms with Gasteiger partial charge >= 0.3 is 5.69 Å². The first-order valence-electron chi connectivity index (χ1n) is 10.1. The number of aryl methyl sites for hydroxylation is 1. The predicted octanol–water partition coefficient (Wildman–Crippen LogP) is 4.15. The summed E-state index contributed by atoms with van der Waals surface area (Å²) in [4.78, 5) is 34.4. The molecule has 1 aromatic heterocycles. The van der Waals surface area contributed by atoms with Crippen molar-refractivity contribution in [3.63, 3.8) is 0 Å². The quantitative estimate of drug-likeness (QED) is 0.241. The number of hydrazone groups is 1. The van der Waals surface area contributed by atoms with Gasteiger partial charge in [-0.25, -0.2) is 4.68 Å². The molecule has 11 heteroatoms. The number of hydrogen-bond acceptors (Lipinski definition) is 7. The van der Waals surface area contributed by atoms with Gasteiger partial charge < -0.3 is 0 Å². The standard InChI is InChI=1S/C23H18N6O5/c1-15-21(23(30)27(26-15)17-10-6-3-7-11-17)22(16-8-4-2-5-9-16)25-24-19-13-12-18(28(31)32)14-20(19)29(33)34/h2-14,24,26H,1H3/b25-22-. The largest absolute Gasteiger partial charge is 0.301 e. The molecule has 0 saturated heterocycles. The van der Waals surface area contributed by atoms with E-state index >= 15 is 0 Å². The van der Waals surface area contributed by atoms with E-state index in [0.29, 0.717) is 16.9 Å². The van der Waals surface area contributed by atoms with Crippen LogP contribution < -0.4 is 11.0 Å². The number of non-ortho nitro benzene ring substituents is 1. The number of nitro benzene ring substituents is 2. The molecule has 0 aliphatic carbocycles. The zero-order valence-electron chi connectivity index (χ0n) is 17.8. The highest BCUT2D eigenvalue weighted by Crippen LogP contribution is 2.29. The fraction of sp³-hybridized carbons (Fsp3) is 0.0435. The Morgan fingerprint density at radius 1 is 0.941 bits per heavy atom. The minimum absolute atomic E-state index is 0.0550. The summed E-state index contributed by atoms with van der Waals surface area (Å²) in [5.74, 6) is 0. The average Bonchev–Trinajstić information content (AvgIpc) is 3.14. The lowest BCUT2D eigenvalue weighted by molar-refractivity contribution is -0.393. The second-order valence-corrected chi connectivity index (χ2v) is 7.24. The van der Waals surface area contributed by atoms with Gasteiger partial charge in [-0.15, -0.1) is 0 Å². The van der Waals surface area contributed by atoms with E-state index < -0.39 is 21.2 Å². The number of benzene rings is 3. The summed E-state index contributed by atoms with van der Waals surface area (Å²) < 4.78 is 1.39. The highest BCUT2D eigenvalue weighted by Gasteiger charge is 2.22. The number of rotatable bonds is 7. The number of para-hydroxylation sites is 1. The molecule has 0 fully saturated rings. The van der Waals surface area contributed by atoms with E-state index in [4.69, 9.17) is 0 Å². The first-order chi connectivity index (χ1) is 16.4. The van der Waals surface area contributed by atoms with E-state index in [1.807, 2.05) is 12.1 Å². The normalized spacial score (nSPS) is 11.3. The summed E-state index contributed by atoms with van der Waals surface area (Å²) in [5, 5.41) is 29.9. The Bertz CT molecular complexity index is 1460. The van der Waals surface area contributed by atoms with Crippen LogP contribution in [0.2, 0.25) is 0 Å². The highest BCUT2D eigenvalue weighted by molar-refractivity contribution is 6.13. The number of aromatic amines is 1. The van der Waals surface area contributed by atoms with E-state index in [0.717, 1.165) is 12.1 Å². The van der Waals surface area contributed by atoms with Crippen LogP contribution in [-0.4, -0.2) is 25.3 Å². The summed E-state index contributed by atoms with van der Waals surface area (Å²) in [6, 6.07) is 21.1. The van der Waals surface area contributed by atoms with Gasteiger partial charge in [-0.05, 0) is 25.1 Å². The van der Waals surface area contributed by atoms with Crippen LogP contribution in [0.5, 0.6) is 0 Å². The van der Waals surface area contributed by atoms with E-state index in [-0.39, 0.29) is 22.5 Å². The third-order valence-corrected chi connectivity index (χ3v) is 5.05. The molecule has 0 aliphatic heterocycles. The van der Waals surface area contributed by atoms with Crippen molar-refractivity contribution >= 4 is 22.8 Å². The Kier molecular flexibility index (Phi) is 5.99. The first kappa shape index (κ1) is 22.1. The summed E-state index contributed by atoms with van der Waals surface area (Å²) >= 11 is 0. The number of nitro groups is 2. The van der Waals surface area contributed by atoms with Crippen LogP contribution in [0.25, 0.3) is 5.69 Å². The maximum absolute atomic E-state index is 13.4. The molecular weight excluding hydrogens is 440 g/mol. The van der Waals surface area contributed by atoms with Gasteiger partial charge in [0.05, 0.1) is 27.2 Å². The predicted molar refractivity (Wildman–Crippen MR) is 127 cm³/mol. The number of anilines is 1. The van der Waals surface area contributed by atoms with E-state index in [9.17, 15) is 25.0 Å². The Morgan fingerprint density at radius 3 is 2.21 bits per heavy atom. The average molecular weight is 458 g/mol. The van der Waals surface area contributed by atoms with Crippen LogP contribution in [0, 0.1) is 27.2 Å². The molecule has 4 rings (SSSR count). The number of nitrogens with zero attached hydrogens (tertiary/aromatic N) is 4. The molecule has 0 saturated carbocycles. The van der Waals surface area contributed by atoms with Crippen LogP contribution in [0.1, 0.15) is 16.8 Å². The molecule has 3 aromatic carbocycles. The molecule has 0 aliphatic rings. The minimum Gasteiger partial charge on any atom is -0.295 e. The maximum atomic E-state index is 13.4. The zero-order valence-corrected chi connectivity index (χ0v) is 17.8. The number of hydrogen-bond donors (Lipinski definition) is 2. The van der Waals surface area contributed by atoms with Gasteiger partial charge in [0.1, 0.15) is 11.4 Å². The lowest BCUT2D eigenvalue weighted by atomic mass is 10.0. The van der Waals surface area contributed by atoms with Gasteiger partial charge in [0.25, 0.3) is 11.2 Å². The van der Waals surface area contributed by atoms with Crippen molar-refractivity contribution in [2.24, 2.45) is 5.10 Å². The van der Waals surface area contributed by atoms with Crippen molar-refractivity contribution in [3.8, 4) is 5.69 Å². The second-order valence-electron chi connectivity index (χ2n) is 7.24. The number of H-pyrrole nitrogens is 1. The topological polar surface area (TPSA) is 148 Å². The van der Waals surface area contributed by atoms with Crippen LogP contribution in [0.3, 0.4) is 0 Å². The highest BCUT2D eigenvalue weighted by atomic mass is 16.6. The molecule has 170 valence electrons. The molecule has 0 amide bonds. The minimum atomic E-state index is -0.739. The second kappa shape index (κ2) is 9.20. The fourth-order valence-corrected chi connectivity index (χ4v) is 3.44. The summed E-state index contributed by atoms with van der Waals surface area (Å²) in [7, 11) is 0. The van der Waals surface area contributed by atoms with Gasteiger partial charge in [-0.3, -0.25) is 35.5 Å². The van der Waals surface area contributed by atoms with Crippen LogP contribution >= 0.6 is 0 Å². The third kappa shape index (κ3) is 4.30. The van der Waals surface area contributed by atoms with Crippen LogP contribution in [0.4, 0.5) is 17.1 Å². The molecule has 2 N–H and O–H groups in total. The zero-order chi connectivity index (χ0) is 24.2. The summed E-state index contributed by atoms with van der Waals surface area (Å²) in [6.07, 6.45) is 0. The van der Waals surface area contributed by atoms with Gasteiger partial charge in [0, 0.05) is 17.3 Å². The molecule has 34 heavy (non-hydrogen) atoms. The number of nitrogens with one attached hydrogen (secondary N) is 2. The monoisotopic (exact) mass is 458 g/mol. The van der Waals surface area contributed by atoms with Gasteiger partial charge in [0.15, 0.2) is 0 Å². The van der Waals surface area contributed by atoms with Gasteiger partial charge in [-0.2, -0.15) is 5.10 Å². The molecule has 0 bridgehead atoms. The molecular formula is C23H18N6O5. The molecule has 0 radical (unpaired) electrons. The van der Waals surface area contributed by atoms with Crippen molar-refractivity contribution in [1.82, 2.24) is 9.78 Å². The number of aromatic nitrogens is 2. The third-order valence-electron chi connectivity index (χ3n) is 5.05. The fourth-order valence-electron chi connectivity index (χ4n) is 3.44. The molecule has 0 atom stereocenters. The Labute approximate surface area is 192 Å². The summed E-state index contributed by atoms with van der Waals surface area (Å²) in [5.41, 5.74) is 3.57. The lowest BCUT2D eigenvalue weighted by Gasteiger charge is -2.08. The van der Waals surface area contributed by atoms with Crippen molar-refractivity contribution in [2.45, 2.75) is 6.92 Å².